The largest absolute Gasteiger partial charge is 0.493 e. The van der Waals surface area contributed by atoms with Gasteiger partial charge in [-0.25, -0.2) is 9.78 Å². The highest BCUT2D eigenvalue weighted by molar-refractivity contribution is 6.32. The van der Waals surface area contributed by atoms with Crippen molar-refractivity contribution in [3.63, 3.8) is 0 Å². The minimum atomic E-state index is -0.658. The van der Waals surface area contributed by atoms with Crippen LogP contribution in [0.2, 0.25) is 5.15 Å². The molecule has 1 N–H and O–H groups in total. The molecule has 8 heteroatoms. The Morgan fingerprint density at radius 3 is 3.00 bits per heavy atom. The fourth-order valence-electron chi connectivity index (χ4n) is 2.87. The summed E-state index contributed by atoms with van der Waals surface area (Å²) in [6.45, 7) is 3.94. The van der Waals surface area contributed by atoms with Gasteiger partial charge in [-0.1, -0.05) is 11.6 Å². The van der Waals surface area contributed by atoms with Crippen molar-refractivity contribution < 1.29 is 23.8 Å². The molecule has 0 aliphatic carbocycles. The van der Waals surface area contributed by atoms with Gasteiger partial charge in [-0.05, 0) is 44.2 Å². The monoisotopic (exact) mass is 416 g/mol. The van der Waals surface area contributed by atoms with Crippen LogP contribution in [0, 0.1) is 0 Å². The Labute approximate surface area is 173 Å². The molecule has 1 aliphatic rings. The number of hydrogen-bond acceptors (Lipinski definition) is 6. The van der Waals surface area contributed by atoms with Crippen LogP contribution in [0.25, 0.3) is 6.08 Å². The van der Waals surface area contributed by atoms with E-state index >= 15 is 0 Å². The SMILES string of the molecule is CCOc1cc2c(cc1/C=C/C(=O)OCC(=O)Nc1cccnc1Cl)O[C@H](C)C2. The number of aromatic nitrogens is 1. The molecule has 0 saturated carbocycles. The Morgan fingerprint density at radius 2 is 2.24 bits per heavy atom. The average molecular weight is 417 g/mol. The second-order valence-electron chi connectivity index (χ2n) is 6.39. The molecular formula is C21H21ClN2O5. The third kappa shape index (κ3) is 5.48. The molecule has 1 aromatic carbocycles. The van der Waals surface area contributed by atoms with E-state index in [0.29, 0.717) is 23.6 Å². The minimum absolute atomic E-state index is 0.107. The first-order valence-corrected chi connectivity index (χ1v) is 9.55. The van der Waals surface area contributed by atoms with E-state index in [0.717, 1.165) is 17.7 Å². The molecule has 1 aromatic heterocycles. The lowest BCUT2D eigenvalue weighted by Crippen LogP contribution is -2.20. The van der Waals surface area contributed by atoms with Crippen LogP contribution in [0.3, 0.4) is 0 Å². The van der Waals surface area contributed by atoms with Crippen molar-refractivity contribution in [2.24, 2.45) is 0 Å². The summed E-state index contributed by atoms with van der Waals surface area (Å²) in [5, 5.41) is 2.68. The molecule has 0 radical (unpaired) electrons. The summed E-state index contributed by atoms with van der Waals surface area (Å²) in [6.07, 6.45) is 5.25. The standard InChI is InChI=1S/C21H21ClN2O5/c1-3-27-17-11-15-9-13(2)29-18(15)10-14(17)6-7-20(26)28-12-19(25)24-16-5-4-8-23-21(16)22/h4-8,10-11,13H,3,9,12H2,1-2H3,(H,24,25)/b7-6+/t13-/m1/s1. The molecule has 3 rings (SSSR count). The molecule has 0 fully saturated rings. The highest BCUT2D eigenvalue weighted by atomic mass is 35.5. The number of halogens is 1. The number of nitrogens with one attached hydrogen (secondary N) is 1. The Bertz CT molecular complexity index is 945. The van der Waals surface area contributed by atoms with Crippen LogP contribution < -0.4 is 14.8 Å². The van der Waals surface area contributed by atoms with Gasteiger partial charge >= 0.3 is 5.97 Å². The molecule has 0 bridgehead atoms. The fraction of sp³-hybridized carbons (Fsp3) is 0.286. The second kappa shape index (κ2) is 9.43. The van der Waals surface area contributed by atoms with Crippen LogP contribution in [-0.2, 0) is 20.7 Å². The molecular weight excluding hydrogens is 396 g/mol. The van der Waals surface area contributed by atoms with Crippen molar-refractivity contribution in [1.29, 1.82) is 0 Å². The van der Waals surface area contributed by atoms with E-state index in [1.54, 1.807) is 18.2 Å². The summed E-state index contributed by atoms with van der Waals surface area (Å²) < 4.78 is 16.4. The second-order valence-corrected chi connectivity index (χ2v) is 6.75. The average Bonchev–Trinajstić information content (AvgIpc) is 3.05. The summed E-state index contributed by atoms with van der Waals surface area (Å²) in [4.78, 5) is 27.8. The van der Waals surface area contributed by atoms with Gasteiger partial charge in [0.05, 0.1) is 12.3 Å². The first kappa shape index (κ1) is 20.7. The van der Waals surface area contributed by atoms with Crippen molar-refractivity contribution in [1.82, 2.24) is 4.98 Å². The molecule has 1 atom stereocenters. The third-order valence-corrected chi connectivity index (χ3v) is 4.41. The van der Waals surface area contributed by atoms with Gasteiger partial charge in [0.1, 0.15) is 17.6 Å². The van der Waals surface area contributed by atoms with E-state index < -0.39 is 18.5 Å². The van der Waals surface area contributed by atoms with Gasteiger partial charge in [0, 0.05) is 29.8 Å². The zero-order chi connectivity index (χ0) is 20.8. The van der Waals surface area contributed by atoms with Crippen molar-refractivity contribution in [2.75, 3.05) is 18.5 Å². The maximum Gasteiger partial charge on any atom is 0.331 e. The van der Waals surface area contributed by atoms with Gasteiger partial charge in [0.25, 0.3) is 5.91 Å². The molecule has 7 nitrogen and oxygen atoms in total. The Kier molecular flexibility index (Phi) is 6.72. The fourth-order valence-corrected chi connectivity index (χ4v) is 3.04. The number of hydrogen-bond donors (Lipinski definition) is 1. The maximum atomic E-state index is 12.0. The van der Waals surface area contributed by atoms with E-state index in [4.69, 9.17) is 25.8 Å². The van der Waals surface area contributed by atoms with Gasteiger partial charge < -0.3 is 19.5 Å². The van der Waals surface area contributed by atoms with Crippen LogP contribution in [0.4, 0.5) is 5.69 Å². The van der Waals surface area contributed by atoms with Crippen molar-refractivity contribution in [3.05, 3.63) is 52.8 Å². The molecule has 1 amide bonds. The predicted octanol–water partition coefficient (Wildman–Crippen LogP) is 3.65. The molecule has 2 heterocycles. The number of anilines is 1. The summed E-state index contributed by atoms with van der Waals surface area (Å²) >= 11 is 5.87. The van der Waals surface area contributed by atoms with Gasteiger partial charge in [0.15, 0.2) is 11.8 Å². The predicted molar refractivity (Wildman–Crippen MR) is 109 cm³/mol. The van der Waals surface area contributed by atoms with Crippen molar-refractivity contribution in [2.45, 2.75) is 26.4 Å². The van der Waals surface area contributed by atoms with Crippen molar-refractivity contribution >= 4 is 35.2 Å². The van der Waals surface area contributed by atoms with Gasteiger partial charge in [0.2, 0.25) is 0 Å². The first-order chi connectivity index (χ1) is 14.0. The van der Waals surface area contributed by atoms with Gasteiger partial charge in [-0.15, -0.1) is 0 Å². The lowest BCUT2D eigenvalue weighted by molar-refractivity contribution is -0.142. The van der Waals surface area contributed by atoms with E-state index in [9.17, 15) is 9.59 Å². The number of pyridine rings is 1. The lowest BCUT2D eigenvalue weighted by Gasteiger charge is -2.10. The van der Waals surface area contributed by atoms with Gasteiger partial charge in [-0.3, -0.25) is 4.79 Å². The van der Waals surface area contributed by atoms with E-state index in [1.807, 2.05) is 26.0 Å². The van der Waals surface area contributed by atoms with Crippen LogP contribution in [0.5, 0.6) is 11.5 Å². The van der Waals surface area contributed by atoms with Crippen LogP contribution in [0.1, 0.15) is 25.0 Å². The number of ether oxygens (including phenoxy) is 3. The number of benzene rings is 1. The number of esters is 1. The quantitative estimate of drug-likeness (QED) is 0.421. The third-order valence-electron chi connectivity index (χ3n) is 4.11. The van der Waals surface area contributed by atoms with Crippen LogP contribution in [0.15, 0.2) is 36.5 Å². The maximum absolute atomic E-state index is 12.0. The normalized spacial score (nSPS) is 14.9. The Hall–Kier alpha value is -3.06. The van der Waals surface area contributed by atoms with E-state index in [2.05, 4.69) is 10.3 Å². The summed E-state index contributed by atoms with van der Waals surface area (Å²) in [5.41, 5.74) is 2.12. The zero-order valence-electron chi connectivity index (χ0n) is 16.1. The van der Waals surface area contributed by atoms with Gasteiger partial charge in [-0.2, -0.15) is 0 Å². The Morgan fingerprint density at radius 1 is 1.41 bits per heavy atom. The highest BCUT2D eigenvalue weighted by Crippen LogP contribution is 2.35. The smallest absolute Gasteiger partial charge is 0.331 e. The van der Waals surface area contributed by atoms with Crippen LogP contribution >= 0.6 is 11.6 Å². The minimum Gasteiger partial charge on any atom is -0.493 e. The summed E-state index contributed by atoms with van der Waals surface area (Å²) in [5.74, 6) is 0.268. The molecule has 152 valence electrons. The molecule has 0 saturated heterocycles. The number of carbonyl (C=O) groups excluding carboxylic acids is 2. The molecule has 2 aromatic rings. The number of fused-ring (bicyclic) bond motifs is 1. The number of rotatable bonds is 7. The van der Waals surface area contributed by atoms with E-state index in [-0.39, 0.29) is 11.3 Å². The number of amides is 1. The molecule has 29 heavy (non-hydrogen) atoms. The summed E-state index contributed by atoms with van der Waals surface area (Å²) in [7, 11) is 0. The highest BCUT2D eigenvalue weighted by Gasteiger charge is 2.21. The zero-order valence-corrected chi connectivity index (χ0v) is 16.9. The molecule has 0 unspecified atom stereocenters. The lowest BCUT2D eigenvalue weighted by atomic mass is 10.1. The number of nitrogens with zero attached hydrogens (tertiary/aromatic N) is 1. The van der Waals surface area contributed by atoms with Crippen LogP contribution in [-0.4, -0.2) is 36.2 Å². The molecule has 1 aliphatic heterocycles. The number of carbonyl (C=O) groups is 2. The van der Waals surface area contributed by atoms with Crippen molar-refractivity contribution in [3.8, 4) is 11.5 Å². The first-order valence-electron chi connectivity index (χ1n) is 9.17. The van der Waals surface area contributed by atoms with E-state index in [1.165, 1.54) is 12.3 Å². The Balaban J connectivity index is 1.60. The topological polar surface area (TPSA) is 86.8 Å². The molecule has 0 spiro atoms. The summed E-state index contributed by atoms with van der Waals surface area (Å²) in [6, 6.07) is 7.00.